The first-order chi connectivity index (χ1) is 10.0. The van der Waals surface area contributed by atoms with Crippen molar-refractivity contribution in [1.82, 2.24) is 10.3 Å². The highest BCUT2D eigenvalue weighted by Gasteiger charge is 2.16. The van der Waals surface area contributed by atoms with Gasteiger partial charge in [0.05, 0.1) is 18.7 Å². The molecular formula is C15H15FN2O3. The highest BCUT2D eigenvalue weighted by atomic mass is 19.1. The number of H-pyrrole nitrogens is 1. The molecule has 0 saturated carbocycles. The van der Waals surface area contributed by atoms with Crippen LogP contribution in [0.15, 0.2) is 41.3 Å². The monoisotopic (exact) mass is 290 g/mol. The third kappa shape index (κ3) is 3.47. The zero-order valence-corrected chi connectivity index (χ0v) is 11.6. The Morgan fingerprint density at radius 3 is 2.71 bits per heavy atom. The molecule has 110 valence electrons. The number of aromatic nitrogens is 1. The third-order valence-corrected chi connectivity index (χ3v) is 3.05. The van der Waals surface area contributed by atoms with Crippen LogP contribution in [0.25, 0.3) is 0 Å². The van der Waals surface area contributed by atoms with Crippen LogP contribution in [0.1, 0.15) is 28.9 Å². The van der Waals surface area contributed by atoms with Gasteiger partial charge in [0, 0.05) is 17.8 Å². The summed E-state index contributed by atoms with van der Waals surface area (Å²) >= 11 is 0. The number of hydrogen-bond acceptors (Lipinski definition) is 3. The maximum absolute atomic E-state index is 13.3. The predicted octanol–water partition coefficient (Wildman–Crippen LogP) is 2.01. The number of pyridine rings is 1. The molecular weight excluding hydrogens is 275 g/mol. The van der Waals surface area contributed by atoms with Gasteiger partial charge in [0.1, 0.15) is 11.6 Å². The van der Waals surface area contributed by atoms with Gasteiger partial charge in [-0.2, -0.15) is 0 Å². The molecule has 0 aliphatic carbocycles. The Bertz CT molecular complexity index is 692. The van der Waals surface area contributed by atoms with Crippen LogP contribution in [0.4, 0.5) is 4.39 Å². The second-order valence-electron chi connectivity index (χ2n) is 4.52. The fraction of sp³-hybridized carbons (Fsp3) is 0.200. The third-order valence-electron chi connectivity index (χ3n) is 3.05. The SMILES string of the molecule is COc1ccc(F)cc1[C@@H](C)NC(=O)c1ccc(=O)[nH]c1. The molecule has 0 spiro atoms. The minimum atomic E-state index is -0.449. The number of hydrogen-bond donors (Lipinski definition) is 2. The van der Waals surface area contributed by atoms with Crippen molar-refractivity contribution in [2.45, 2.75) is 13.0 Å². The van der Waals surface area contributed by atoms with Crippen LogP contribution < -0.4 is 15.6 Å². The van der Waals surface area contributed by atoms with Gasteiger partial charge < -0.3 is 15.0 Å². The average molecular weight is 290 g/mol. The summed E-state index contributed by atoms with van der Waals surface area (Å²) < 4.78 is 18.5. The molecule has 0 fully saturated rings. The summed E-state index contributed by atoms with van der Waals surface area (Å²) in [7, 11) is 1.48. The maximum atomic E-state index is 13.3. The van der Waals surface area contributed by atoms with Crippen LogP contribution in [-0.4, -0.2) is 18.0 Å². The minimum absolute atomic E-state index is 0.286. The molecule has 1 heterocycles. The van der Waals surface area contributed by atoms with Gasteiger partial charge in [-0.15, -0.1) is 0 Å². The van der Waals surface area contributed by atoms with E-state index in [0.29, 0.717) is 16.9 Å². The lowest BCUT2D eigenvalue weighted by atomic mass is 10.1. The number of ether oxygens (including phenoxy) is 1. The molecule has 0 radical (unpaired) electrons. The molecule has 0 saturated heterocycles. The van der Waals surface area contributed by atoms with Crippen molar-refractivity contribution in [3.05, 3.63) is 63.8 Å². The van der Waals surface area contributed by atoms with E-state index in [2.05, 4.69) is 10.3 Å². The number of rotatable bonds is 4. The van der Waals surface area contributed by atoms with E-state index in [4.69, 9.17) is 4.74 Å². The molecule has 0 bridgehead atoms. The highest BCUT2D eigenvalue weighted by Crippen LogP contribution is 2.25. The quantitative estimate of drug-likeness (QED) is 0.905. The van der Waals surface area contributed by atoms with Gasteiger partial charge in [-0.05, 0) is 31.2 Å². The molecule has 6 heteroatoms. The van der Waals surface area contributed by atoms with Gasteiger partial charge >= 0.3 is 0 Å². The van der Waals surface area contributed by atoms with Crippen LogP contribution in [0.3, 0.4) is 0 Å². The molecule has 0 aliphatic rings. The average Bonchev–Trinajstić information content (AvgIpc) is 2.47. The molecule has 1 atom stereocenters. The summed E-state index contributed by atoms with van der Waals surface area (Å²) in [6.45, 7) is 1.72. The van der Waals surface area contributed by atoms with Gasteiger partial charge in [0.15, 0.2) is 0 Å². The van der Waals surface area contributed by atoms with E-state index in [0.717, 1.165) is 0 Å². The molecule has 2 N–H and O–H groups in total. The van der Waals surface area contributed by atoms with Gasteiger partial charge in [0.2, 0.25) is 5.56 Å². The van der Waals surface area contributed by atoms with Gasteiger partial charge in [-0.1, -0.05) is 0 Å². The summed E-state index contributed by atoms with van der Waals surface area (Å²) in [6, 6.07) is 6.35. The van der Waals surface area contributed by atoms with Crippen molar-refractivity contribution in [2.75, 3.05) is 7.11 Å². The van der Waals surface area contributed by atoms with Gasteiger partial charge in [-0.3, -0.25) is 9.59 Å². The van der Waals surface area contributed by atoms with E-state index in [1.165, 1.54) is 43.6 Å². The van der Waals surface area contributed by atoms with E-state index in [1.807, 2.05) is 0 Å². The van der Waals surface area contributed by atoms with Crippen molar-refractivity contribution in [3.8, 4) is 5.75 Å². The van der Waals surface area contributed by atoms with Crippen LogP contribution in [-0.2, 0) is 0 Å². The summed E-state index contributed by atoms with van der Waals surface area (Å²) in [5, 5.41) is 2.73. The van der Waals surface area contributed by atoms with E-state index in [-0.39, 0.29) is 11.5 Å². The lowest BCUT2D eigenvalue weighted by Crippen LogP contribution is -2.27. The topological polar surface area (TPSA) is 71.2 Å². The second-order valence-corrected chi connectivity index (χ2v) is 4.52. The molecule has 1 aromatic carbocycles. The Morgan fingerprint density at radius 1 is 1.33 bits per heavy atom. The molecule has 0 aliphatic heterocycles. The molecule has 21 heavy (non-hydrogen) atoms. The predicted molar refractivity (Wildman–Crippen MR) is 75.9 cm³/mol. The van der Waals surface area contributed by atoms with Crippen molar-refractivity contribution in [1.29, 1.82) is 0 Å². The molecule has 1 aromatic heterocycles. The van der Waals surface area contributed by atoms with Crippen molar-refractivity contribution >= 4 is 5.91 Å². The van der Waals surface area contributed by atoms with Crippen LogP contribution in [0, 0.1) is 5.82 Å². The fourth-order valence-corrected chi connectivity index (χ4v) is 1.95. The summed E-state index contributed by atoms with van der Waals surface area (Å²) in [6.07, 6.45) is 1.33. The lowest BCUT2D eigenvalue weighted by Gasteiger charge is -2.17. The molecule has 5 nitrogen and oxygen atoms in total. The van der Waals surface area contributed by atoms with Crippen LogP contribution in [0.5, 0.6) is 5.75 Å². The first-order valence-electron chi connectivity index (χ1n) is 6.34. The van der Waals surface area contributed by atoms with E-state index >= 15 is 0 Å². The van der Waals surface area contributed by atoms with E-state index in [1.54, 1.807) is 6.92 Å². The van der Waals surface area contributed by atoms with Crippen molar-refractivity contribution in [2.24, 2.45) is 0 Å². The first kappa shape index (κ1) is 14.8. The summed E-state index contributed by atoms with van der Waals surface area (Å²) in [4.78, 5) is 25.4. The van der Waals surface area contributed by atoms with E-state index < -0.39 is 11.9 Å². The Hall–Kier alpha value is -2.63. The number of carbonyl (C=O) groups is 1. The van der Waals surface area contributed by atoms with Crippen LogP contribution >= 0.6 is 0 Å². The number of benzene rings is 1. The largest absolute Gasteiger partial charge is 0.496 e. The molecule has 2 aromatic rings. The minimum Gasteiger partial charge on any atom is -0.496 e. The number of methoxy groups -OCH3 is 1. The van der Waals surface area contributed by atoms with Crippen molar-refractivity contribution < 1.29 is 13.9 Å². The van der Waals surface area contributed by atoms with Crippen molar-refractivity contribution in [3.63, 3.8) is 0 Å². The Kier molecular flexibility index (Phi) is 4.37. The zero-order chi connectivity index (χ0) is 15.4. The van der Waals surface area contributed by atoms with Gasteiger partial charge in [0.25, 0.3) is 5.91 Å². The summed E-state index contributed by atoms with van der Waals surface area (Å²) in [5.74, 6) is -0.285. The Labute approximate surface area is 120 Å². The first-order valence-corrected chi connectivity index (χ1v) is 6.34. The number of amides is 1. The lowest BCUT2D eigenvalue weighted by molar-refractivity contribution is 0.0939. The molecule has 2 rings (SSSR count). The van der Waals surface area contributed by atoms with E-state index in [9.17, 15) is 14.0 Å². The normalized spacial score (nSPS) is 11.8. The standard InChI is InChI=1S/C15H15FN2O3/c1-9(12-7-11(16)4-5-13(12)21-2)18-15(20)10-3-6-14(19)17-8-10/h3-9H,1-2H3,(H,17,19)(H,18,20)/t9-/m1/s1. The Morgan fingerprint density at radius 2 is 2.10 bits per heavy atom. The molecule has 0 unspecified atom stereocenters. The smallest absolute Gasteiger partial charge is 0.253 e. The van der Waals surface area contributed by atoms with Crippen LogP contribution in [0.2, 0.25) is 0 Å². The number of aromatic amines is 1. The fourth-order valence-electron chi connectivity index (χ4n) is 1.95. The zero-order valence-electron chi connectivity index (χ0n) is 11.6. The Balaban J connectivity index is 2.19. The number of nitrogens with one attached hydrogen (secondary N) is 2. The maximum Gasteiger partial charge on any atom is 0.253 e. The second kappa shape index (κ2) is 6.21. The molecule has 1 amide bonds. The number of halogens is 1. The summed E-state index contributed by atoms with van der Waals surface area (Å²) in [5.41, 5.74) is 0.568. The van der Waals surface area contributed by atoms with Gasteiger partial charge in [-0.25, -0.2) is 4.39 Å². The highest BCUT2D eigenvalue weighted by molar-refractivity contribution is 5.94. The number of carbonyl (C=O) groups excluding carboxylic acids is 1.